The maximum absolute atomic E-state index is 11.8. The number of nitrogens with one attached hydrogen (secondary N) is 1. The summed E-state index contributed by atoms with van der Waals surface area (Å²) in [4.78, 5) is 10.8. The van der Waals surface area contributed by atoms with Crippen LogP contribution >= 0.6 is 11.6 Å². The Morgan fingerprint density at radius 3 is 2.44 bits per heavy atom. The van der Waals surface area contributed by atoms with Crippen LogP contribution in [0.1, 0.15) is 12.8 Å². The van der Waals surface area contributed by atoms with E-state index in [0.29, 0.717) is 0 Å². The zero-order valence-corrected chi connectivity index (χ0v) is 11.0. The number of alkyl halides is 4. The first-order valence-corrected chi connectivity index (χ1v) is 6.92. The number of carbonyl (C=O) groups excluding carboxylic acids is 1. The molecule has 1 unspecified atom stereocenters. The third kappa shape index (κ3) is 8.54. The summed E-state index contributed by atoms with van der Waals surface area (Å²) in [5.74, 6) is -1.51. The van der Waals surface area contributed by atoms with Gasteiger partial charge in [-0.25, -0.2) is 13.1 Å². The first-order valence-electron chi connectivity index (χ1n) is 4.83. The van der Waals surface area contributed by atoms with Gasteiger partial charge in [0.15, 0.2) is 0 Å². The van der Waals surface area contributed by atoms with E-state index in [1.54, 1.807) is 0 Å². The Kier molecular flexibility index (Phi) is 6.93. The van der Waals surface area contributed by atoms with Gasteiger partial charge in [-0.2, -0.15) is 13.2 Å². The maximum Gasteiger partial charge on any atom is 0.389 e. The minimum absolute atomic E-state index is 0.428. The Morgan fingerprint density at radius 2 is 2.00 bits per heavy atom. The minimum Gasteiger partial charge on any atom is -0.468 e. The predicted molar refractivity (Wildman–Crippen MR) is 58.7 cm³/mol. The molecule has 1 atom stereocenters. The molecule has 0 aliphatic carbocycles. The fourth-order valence-electron chi connectivity index (χ4n) is 0.946. The van der Waals surface area contributed by atoms with Gasteiger partial charge in [-0.05, 0) is 6.42 Å². The van der Waals surface area contributed by atoms with Gasteiger partial charge in [0.25, 0.3) is 0 Å². The van der Waals surface area contributed by atoms with E-state index in [-0.39, 0.29) is 0 Å². The summed E-state index contributed by atoms with van der Waals surface area (Å²) >= 11 is 5.46. The molecule has 1 N–H and O–H groups in total. The quantitative estimate of drug-likeness (QED) is 0.563. The molecule has 10 heteroatoms. The number of halogens is 4. The molecule has 0 rings (SSSR count). The zero-order valence-electron chi connectivity index (χ0n) is 9.46. The fraction of sp³-hybridized carbons (Fsp3) is 0.875. The molecule has 0 aromatic carbocycles. The van der Waals surface area contributed by atoms with Crippen LogP contribution in [-0.4, -0.2) is 45.3 Å². The predicted octanol–water partition coefficient (Wildman–Crippen LogP) is 1.03. The van der Waals surface area contributed by atoms with E-state index >= 15 is 0 Å². The van der Waals surface area contributed by atoms with Gasteiger partial charge < -0.3 is 4.74 Å². The largest absolute Gasteiger partial charge is 0.468 e. The second kappa shape index (κ2) is 7.15. The zero-order chi connectivity index (χ0) is 14.4. The molecule has 0 aromatic heterocycles. The highest BCUT2D eigenvalue weighted by molar-refractivity contribution is 7.89. The Bertz CT molecular complexity index is 371. The molecule has 0 aliphatic heterocycles. The Labute approximate surface area is 108 Å². The second-order valence-electron chi connectivity index (χ2n) is 3.38. The summed E-state index contributed by atoms with van der Waals surface area (Å²) in [6, 6.07) is 0. The van der Waals surface area contributed by atoms with Crippen molar-refractivity contribution in [1.82, 2.24) is 4.72 Å². The molecule has 0 heterocycles. The lowest BCUT2D eigenvalue weighted by Crippen LogP contribution is -2.35. The smallest absolute Gasteiger partial charge is 0.389 e. The normalized spacial score (nSPS) is 14.3. The lowest BCUT2D eigenvalue weighted by molar-refractivity contribution is -0.140. The third-order valence-electron chi connectivity index (χ3n) is 1.81. The average Bonchev–Trinajstić information content (AvgIpc) is 2.22. The topological polar surface area (TPSA) is 72.5 Å². The van der Waals surface area contributed by atoms with Crippen molar-refractivity contribution in [2.24, 2.45) is 0 Å². The van der Waals surface area contributed by atoms with E-state index in [2.05, 4.69) is 4.74 Å². The number of ether oxygens (including phenoxy) is 1. The number of sulfonamides is 1. The van der Waals surface area contributed by atoms with Crippen molar-refractivity contribution in [2.75, 3.05) is 19.4 Å². The number of rotatable bonds is 7. The fourth-order valence-corrected chi connectivity index (χ4v) is 2.29. The highest BCUT2D eigenvalue weighted by Crippen LogP contribution is 2.21. The molecule has 0 saturated carbocycles. The van der Waals surface area contributed by atoms with E-state index in [1.807, 2.05) is 4.72 Å². The summed E-state index contributed by atoms with van der Waals surface area (Å²) in [7, 11) is -2.80. The number of methoxy groups -OCH3 is 1. The Balaban J connectivity index is 4.06. The molecule has 108 valence electrons. The first kappa shape index (κ1) is 17.5. The summed E-state index contributed by atoms with van der Waals surface area (Å²) in [5, 5.41) is -1.22. The molecule has 0 fully saturated rings. The van der Waals surface area contributed by atoms with Gasteiger partial charge in [-0.3, -0.25) is 4.79 Å². The van der Waals surface area contributed by atoms with Crippen molar-refractivity contribution >= 4 is 27.6 Å². The van der Waals surface area contributed by atoms with Crippen LogP contribution in [-0.2, 0) is 19.6 Å². The van der Waals surface area contributed by atoms with Gasteiger partial charge in [0.05, 0.1) is 12.9 Å². The van der Waals surface area contributed by atoms with E-state index in [0.717, 1.165) is 7.11 Å². The van der Waals surface area contributed by atoms with Crippen molar-refractivity contribution < 1.29 is 31.1 Å². The molecule has 0 bridgehead atoms. The number of hydrogen-bond donors (Lipinski definition) is 1. The van der Waals surface area contributed by atoms with E-state index in [1.165, 1.54) is 0 Å². The van der Waals surface area contributed by atoms with Crippen LogP contribution in [0.25, 0.3) is 0 Å². The van der Waals surface area contributed by atoms with Gasteiger partial charge in [-0.1, -0.05) is 0 Å². The Morgan fingerprint density at radius 1 is 1.44 bits per heavy atom. The number of esters is 1. The summed E-state index contributed by atoms with van der Waals surface area (Å²) in [6.07, 6.45) is -6.13. The van der Waals surface area contributed by atoms with Crippen LogP contribution in [0.15, 0.2) is 0 Å². The van der Waals surface area contributed by atoms with Crippen LogP contribution in [0.5, 0.6) is 0 Å². The van der Waals surface area contributed by atoms with Crippen LogP contribution in [0, 0.1) is 0 Å². The lowest BCUT2D eigenvalue weighted by atomic mass is 10.3. The SMILES string of the molecule is COC(=O)C(Cl)CNS(=O)(=O)CCCC(F)(F)F. The van der Waals surface area contributed by atoms with Crippen LogP contribution in [0.2, 0.25) is 0 Å². The molecule has 0 amide bonds. The molecule has 0 radical (unpaired) electrons. The van der Waals surface area contributed by atoms with Gasteiger partial charge in [0, 0.05) is 13.0 Å². The van der Waals surface area contributed by atoms with Crippen LogP contribution in [0.3, 0.4) is 0 Å². The van der Waals surface area contributed by atoms with Crippen LogP contribution in [0.4, 0.5) is 13.2 Å². The monoisotopic (exact) mass is 311 g/mol. The maximum atomic E-state index is 11.8. The van der Waals surface area contributed by atoms with Gasteiger partial charge in [-0.15, -0.1) is 11.6 Å². The van der Waals surface area contributed by atoms with Crippen molar-refractivity contribution in [1.29, 1.82) is 0 Å². The highest BCUT2D eigenvalue weighted by atomic mass is 35.5. The molecule has 0 spiro atoms. The minimum atomic E-state index is -4.39. The standard InChI is InChI=1S/C8H13ClF3NO4S/c1-17-7(14)6(9)5-13-18(15,16)4-2-3-8(10,11)12/h6,13H,2-5H2,1H3. The van der Waals surface area contributed by atoms with Crippen LogP contribution < -0.4 is 4.72 Å². The summed E-state index contributed by atoms with van der Waals surface area (Å²) < 4.78 is 64.1. The van der Waals surface area contributed by atoms with Crippen molar-refractivity contribution in [3.8, 4) is 0 Å². The second-order valence-corrected chi connectivity index (χ2v) is 5.83. The molecule has 0 aromatic rings. The summed E-state index contributed by atoms with van der Waals surface area (Å²) in [5.41, 5.74) is 0. The lowest BCUT2D eigenvalue weighted by Gasteiger charge is -2.10. The van der Waals surface area contributed by atoms with Crippen molar-refractivity contribution in [2.45, 2.75) is 24.4 Å². The molecular formula is C8H13ClF3NO4S. The van der Waals surface area contributed by atoms with Crippen molar-refractivity contribution in [3.63, 3.8) is 0 Å². The first-order chi connectivity index (χ1) is 8.07. The molecule has 5 nitrogen and oxygen atoms in total. The van der Waals surface area contributed by atoms with Gasteiger partial charge in [0.2, 0.25) is 10.0 Å². The Hall–Kier alpha value is -0.540. The van der Waals surface area contributed by atoms with E-state index in [4.69, 9.17) is 11.6 Å². The molecule has 0 aliphatic rings. The number of hydrogen-bond acceptors (Lipinski definition) is 4. The third-order valence-corrected chi connectivity index (χ3v) is 3.58. The molecule has 0 saturated heterocycles. The van der Waals surface area contributed by atoms with Gasteiger partial charge in [0.1, 0.15) is 5.38 Å². The molecule has 18 heavy (non-hydrogen) atoms. The molecular weight excluding hydrogens is 299 g/mol. The number of carbonyl (C=O) groups is 1. The van der Waals surface area contributed by atoms with Gasteiger partial charge >= 0.3 is 12.1 Å². The average molecular weight is 312 g/mol. The summed E-state index contributed by atoms with van der Waals surface area (Å²) in [6.45, 7) is -0.428. The van der Waals surface area contributed by atoms with E-state index in [9.17, 15) is 26.4 Å². The van der Waals surface area contributed by atoms with E-state index < -0.39 is 52.7 Å². The highest BCUT2D eigenvalue weighted by Gasteiger charge is 2.27. The van der Waals surface area contributed by atoms with Crippen molar-refractivity contribution in [3.05, 3.63) is 0 Å².